The van der Waals surface area contributed by atoms with Gasteiger partial charge in [0.15, 0.2) is 0 Å². The third-order valence-corrected chi connectivity index (χ3v) is 2.69. The van der Waals surface area contributed by atoms with E-state index >= 15 is 0 Å². The van der Waals surface area contributed by atoms with E-state index in [0.717, 1.165) is 11.1 Å². The third kappa shape index (κ3) is 1.71. The van der Waals surface area contributed by atoms with Crippen LogP contribution in [0.15, 0.2) is 36.4 Å². The highest BCUT2D eigenvalue weighted by atomic mass is 19.1. The second-order valence-corrected chi connectivity index (χ2v) is 3.86. The van der Waals surface area contributed by atoms with Gasteiger partial charge in [0, 0.05) is 11.1 Å². The van der Waals surface area contributed by atoms with Crippen LogP contribution in [0.3, 0.4) is 0 Å². The van der Waals surface area contributed by atoms with E-state index in [1.54, 1.807) is 38.1 Å². The number of aryl methyl sites for hydroxylation is 2. The summed E-state index contributed by atoms with van der Waals surface area (Å²) in [6.45, 7) is 3.56. The molecule has 0 saturated heterocycles. The molecular formula is C14H12F2. The van der Waals surface area contributed by atoms with Gasteiger partial charge in [0.2, 0.25) is 0 Å². The van der Waals surface area contributed by atoms with E-state index in [-0.39, 0.29) is 11.6 Å². The summed E-state index contributed by atoms with van der Waals surface area (Å²) in [5.74, 6) is -0.763. The molecule has 2 rings (SSSR count). The number of halogens is 2. The van der Waals surface area contributed by atoms with Crippen LogP contribution < -0.4 is 0 Å². The van der Waals surface area contributed by atoms with Gasteiger partial charge in [-0.1, -0.05) is 24.3 Å². The zero-order valence-corrected chi connectivity index (χ0v) is 9.22. The molecule has 2 heteroatoms. The van der Waals surface area contributed by atoms with Crippen LogP contribution in [0.2, 0.25) is 0 Å². The molecule has 0 fully saturated rings. The van der Waals surface area contributed by atoms with Crippen LogP contribution in [0.5, 0.6) is 0 Å². The molecule has 0 aliphatic rings. The second kappa shape index (κ2) is 4.05. The molecule has 0 nitrogen and oxygen atoms in total. The minimum atomic E-state index is -0.381. The van der Waals surface area contributed by atoms with Gasteiger partial charge in [0.25, 0.3) is 0 Å². The summed E-state index contributed by atoms with van der Waals surface area (Å²) >= 11 is 0. The fourth-order valence-electron chi connectivity index (χ4n) is 1.90. The predicted octanol–water partition coefficient (Wildman–Crippen LogP) is 4.25. The van der Waals surface area contributed by atoms with Crippen LogP contribution in [0.4, 0.5) is 8.78 Å². The standard InChI is InChI=1S/C14H12F2/c1-9-5-3-7-11(15)13(9)14-10(2)6-4-8-12(14)16/h3-8H,1-2H3. The minimum Gasteiger partial charge on any atom is -0.206 e. The molecule has 0 amide bonds. The predicted molar refractivity (Wildman–Crippen MR) is 61.3 cm³/mol. The highest BCUT2D eigenvalue weighted by Gasteiger charge is 2.14. The Balaban J connectivity index is 2.77. The van der Waals surface area contributed by atoms with Crippen molar-refractivity contribution < 1.29 is 8.78 Å². The Kier molecular flexibility index (Phi) is 2.73. The maximum atomic E-state index is 13.7. The monoisotopic (exact) mass is 218 g/mol. The lowest BCUT2D eigenvalue weighted by molar-refractivity contribution is 0.614. The van der Waals surface area contributed by atoms with Crippen molar-refractivity contribution in [1.29, 1.82) is 0 Å². The van der Waals surface area contributed by atoms with Crippen molar-refractivity contribution in [2.24, 2.45) is 0 Å². The molecule has 2 aromatic rings. The average molecular weight is 218 g/mol. The van der Waals surface area contributed by atoms with E-state index < -0.39 is 0 Å². The molecule has 0 bridgehead atoms. The summed E-state index contributed by atoms with van der Waals surface area (Å²) in [5.41, 5.74) is 2.21. The van der Waals surface area contributed by atoms with Gasteiger partial charge in [0.05, 0.1) is 0 Å². The van der Waals surface area contributed by atoms with Gasteiger partial charge >= 0.3 is 0 Å². The Morgan fingerprint density at radius 3 is 1.38 bits per heavy atom. The van der Waals surface area contributed by atoms with E-state index in [1.807, 2.05) is 0 Å². The Bertz CT molecular complexity index is 440. The molecule has 0 N–H and O–H groups in total. The minimum absolute atomic E-state index is 0.359. The summed E-state index contributed by atoms with van der Waals surface area (Å²) in [7, 11) is 0. The summed E-state index contributed by atoms with van der Waals surface area (Å²) in [4.78, 5) is 0. The van der Waals surface area contributed by atoms with Gasteiger partial charge in [0.1, 0.15) is 11.6 Å². The molecule has 0 aromatic heterocycles. The molecule has 16 heavy (non-hydrogen) atoms. The van der Waals surface area contributed by atoms with Crippen molar-refractivity contribution in [3.63, 3.8) is 0 Å². The Morgan fingerprint density at radius 2 is 1.06 bits per heavy atom. The molecule has 0 saturated carbocycles. The third-order valence-electron chi connectivity index (χ3n) is 2.69. The number of hydrogen-bond donors (Lipinski definition) is 0. The maximum absolute atomic E-state index is 13.7. The summed E-state index contributed by atoms with van der Waals surface area (Å²) in [6, 6.07) is 9.53. The quantitative estimate of drug-likeness (QED) is 0.671. The highest BCUT2D eigenvalue weighted by molar-refractivity contribution is 5.71. The largest absolute Gasteiger partial charge is 0.206 e. The molecule has 0 unspecified atom stereocenters. The Hall–Kier alpha value is -1.70. The summed E-state index contributed by atoms with van der Waals surface area (Å²) < 4.78 is 27.5. The SMILES string of the molecule is Cc1cccc(F)c1-c1c(C)cccc1F. The molecule has 2 aromatic carbocycles. The van der Waals surface area contributed by atoms with E-state index in [9.17, 15) is 8.78 Å². The van der Waals surface area contributed by atoms with E-state index in [2.05, 4.69) is 0 Å². The van der Waals surface area contributed by atoms with Crippen LogP contribution in [0.1, 0.15) is 11.1 Å². The Morgan fingerprint density at radius 1 is 0.688 bits per heavy atom. The van der Waals surface area contributed by atoms with Crippen molar-refractivity contribution in [2.45, 2.75) is 13.8 Å². The lowest BCUT2D eigenvalue weighted by Gasteiger charge is -2.11. The lowest BCUT2D eigenvalue weighted by Crippen LogP contribution is -1.94. The van der Waals surface area contributed by atoms with E-state index in [1.165, 1.54) is 12.1 Å². The van der Waals surface area contributed by atoms with Crippen molar-refractivity contribution in [3.05, 3.63) is 59.2 Å². The van der Waals surface area contributed by atoms with Gasteiger partial charge in [-0.2, -0.15) is 0 Å². The molecule has 0 spiro atoms. The summed E-state index contributed by atoms with van der Waals surface area (Å²) in [6.07, 6.45) is 0. The second-order valence-electron chi connectivity index (χ2n) is 3.86. The molecule has 0 heterocycles. The maximum Gasteiger partial charge on any atom is 0.131 e. The van der Waals surface area contributed by atoms with Crippen LogP contribution in [-0.2, 0) is 0 Å². The molecular weight excluding hydrogens is 206 g/mol. The fourth-order valence-corrected chi connectivity index (χ4v) is 1.90. The van der Waals surface area contributed by atoms with Gasteiger partial charge in [-0.25, -0.2) is 8.78 Å². The normalized spacial score (nSPS) is 10.5. The van der Waals surface area contributed by atoms with Crippen molar-refractivity contribution in [3.8, 4) is 11.1 Å². The molecule has 0 aliphatic carbocycles. The first kappa shape index (κ1) is 10.8. The summed E-state index contributed by atoms with van der Waals surface area (Å²) in [5, 5.41) is 0. The highest BCUT2D eigenvalue weighted by Crippen LogP contribution is 2.31. The van der Waals surface area contributed by atoms with Crippen molar-refractivity contribution in [2.75, 3.05) is 0 Å². The smallest absolute Gasteiger partial charge is 0.131 e. The molecule has 0 radical (unpaired) electrons. The van der Waals surface area contributed by atoms with Gasteiger partial charge in [-0.05, 0) is 37.1 Å². The zero-order valence-electron chi connectivity index (χ0n) is 9.22. The average Bonchev–Trinajstić information content (AvgIpc) is 2.21. The first-order valence-electron chi connectivity index (χ1n) is 5.12. The van der Waals surface area contributed by atoms with Crippen LogP contribution in [-0.4, -0.2) is 0 Å². The number of rotatable bonds is 1. The van der Waals surface area contributed by atoms with Gasteiger partial charge < -0.3 is 0 Å². The first-order valence-corrected chi connectivity index (χ1v) is 5.12. The van der Waals surface area contributed by atoms with E-state index in [0.29, 0.717) is 11.1 Å². The lowest BCUT2D eigenvalue weighted by atomic mass is 9.96. The first-order chi connectivity index (χ1) is 7.61. The van der Waals surface area contributed by atoms with Crippen LogP contribution in [0.25, 0.3) is 11.1 Å². The number of benzene rings is 2. The van der Waals surface area contributed by atoms with Gasteiger partial charge in [-0.15, -0.1) is 0 Å². The Labute approximate surface area is 93.5 Å². The van der Waals surface area contributed by atoms with Crippen LogP contribution in [0, 0.1) is 25.5 Å². The topological polar surface area (TPSA) is 0 Å². The van der Waals surface area contributed by atoms with Crippen molar-refractivity contribution in [1.82, 2.24) is 0 Å². The molecule has 82 valence electrons. The van der Waals surface area contributed by atoms with Crippen LogP contribution >= 0.6 is 0 Å². The van der Waals surface area contributed by atoms with Gasteiger partial charge in [-0.3, -0.25) is 0 Å². The van der Waals surface area contributed by atoms with E-state index in [4.69, 9.17) is 0 Å². The molecule has 0 atom stereocenters. The molecule has 0 aliphatic heterocycles. The van der Waals surface area contributed by atoms with Crippen molar-refractivity contribution >= 4 is 0 Å². The number of hydrogen-bond acceptors (Lipinski definition) is 0. The zero-order chi connectivity index (χ0) is 11.7. The fraction of sp³-hybridized carbons (Fsp3) is 0.143.